The molecule has 0 bridgehead atoms. The van der Waals surface area contributed by atoms with E-state index >= 15 is 0 Å². The maximum Gasteiger partial charge on any atom is 0.282 e. The average molecular weight is 656 g/mol. The van der Waals surface area contributed by atoms with Gasteiger partial charge in [-0.05, 0) is 82.8 Å². The molecule has 6 nitrogen and oxygen atoms in total. The lowest BCUT2D eigenvalue weighted by molar-refractivity contribution is 0.228. The topological polar surface area (TPSA) is 65.7 Å². The molecule has 1 saturated carbocycles. The van der Waals surface area contributed by atoms with Gasteiger partial charge in [-0.2, -0.15) is 9.78 Å². The largest absolute Gasteiger partial charge is 0.493 e. The van der Waals surface area contributed by atoms with E-state index in [4.69, 9.17) is 14.5 Å². The first-order valence-electron chi connectivity index (χ1n) is 11.3. The summed E-state index contributed by atoms with van der Waals surface area (Å²) >= 11 is 10.7. The number of methoxy groups -OCH3 is 1. The first-order chi connectivity index (χ1) is 16.3. The van der Waals surface area contributed by atoms with Gasteiger partial charge in [0.1, 0.15) is 5.82 Å². The summed E-state index contributed by atoms with van der Waals surface area (Å²) in [4.78, 5) is 18.4. The lowest BCUT2D eigenvalue weighted by Gasteiger charge is -2.23. The van der Waals surface area contributed by atoms with E-state index in [0.717, 1.165) is 50.5 Å². The van der Waals surface area contributed by atoms with Crippen LogP contribution in [-0.2, 0) is 0 Å². The number of aromatic nitrogens is 2. The van der Waals surface area contributed by atoms with Gasteiger partial charge in [0.25, 0.3) is 5.56 Å². The molecular formula is C25H26Br3N3O3. The van der Waals surface area contributed by atoms with Gasteiger partial charge >= 0.3 is 0 Å². The number of rotatable bonds is 6. The van der Waals surface area contributed by atoms with E-state index in [-0.39, 0.29) is 17.6 Å². The molecule has 0 spiro atoms. The van der Waals surface area contributed by atoms with Crippen LogP contribution >= 0.6 is 47.8 Å². The fourth-order valence-electron chi connectivity index (χ4n) is 4.22. The predicted molar refractivity (Wildman–Crippen MR) is 147 cm³/mol. The van der Waals surface area contributed by atoms with Crippen LogP contribution in [0.4, 0.5) is 0 Å². The molecule has 3 aromatic rings. The molecule has 1 fully saturated rings. The summed E-state index contributed by atoms with van der Waals surface area (Å²) in [5, 5.41) is 5.19. The Bertz CT molecular complexity index is 1300. The Kier molecular flexibility index (Phi) is 8.15. The molecule has 180 valence electrons. The van der Waals surface area contributed by atoms with Gasteiger partial charge in [-0.3, -0.25) is 4.79 Å². The Morgan fingerprint density at radius 1 is 1.12 bits per heavy atom. The molecule has 1 aromatic heterocycles. The number of ether oxygens (including phenoxy) is 2. The zero-order valence-corrected chi connectivity index (χ0v) is 24.0. The zero-order valence-electron chi connectivity index (χ0n) is 19.3. The lowest BCUT2D eigenvalue weighted by Crippen LogP contribution is -2.25. The molecule has 1 aliphatic carbocycles. The fraction of sp³-hybridized carbons (Fsp3) is 0.400. The number of nitrogens with zero attached hydrogens (tertiary/aromatic N) is 3. The maximum atomic E-state index is 13.5. The Hall–Kier alpha value is -1.71. The third-order valence-electron chi connectivity index (χ3n) is 5.85. The van der Waals surface area contributed by atoms with E-state index in [2.05, 4.69) is 52.9 Å². The van der Waals surface area contributed by atoms with Gasteiger partial charge in [-0.1, -0.05) is 35.2 Å². The monoisotopic (exact) mass is 653 g/mol. The van der Waals surface area contributed by atoms with Crippen molar-refractivity contribution in [3.05, 3.63) is 59.4 Å². The van der Waals surface area contributed by atoms with Crippen LogP contribution < -0.4 is 15.0 Å². The highest BCUT2D eigenvalue weighted by atomic mass is 79.9. The Morgan fingerprint density at radius 2 is 1.85 bits per heavy atom. The van der Waals surface area contributed by atoms with E-state index in [9.17, 15) is 4.79 Å². The normalized spacial score (nSPS) is 14.9. The highest BCUT2D eigenvalue weighted by molar-refractivity contribution is 9.13. The van der Waals surface area contributed by atoms with Crippen LogP contribution in [0.2, 0.25) is 0 Å². The summed E-state index contributed by atoms with van der Waals surface area (Å²) < 4.78 is 15.3. The van der Waals surface area contributed by atoms with Crippen molar-refractivity contribution in [1.29, 1.82) is 0 Å². The summed E-state index contributed by atoms with van der Waals surface area (Å²) in [6.07, 6.45) is 7.15. The fourth-order valence-corrected chi connectivity index (χ4v) is 5.49. The van der Waals surface area contributed by atoms with Gasteiger partial charge in [-0.25, -0.2) is 4.98 Å². The van der Waals surface area contributed by atoms with Crippen molar-refractivity contribution < 1.29 is 9.47 Å². The van der Waals surface area contributed by atoms with Crippen LogP contribution in [0.3, 0.4) is 0 Å². The van der Waals surface area contributed by atoms with Crippen LogP contribution in [-0.4, -0.2) is 29.1 Å². The van der Waals surface area contributed by atoms with Gasteiger partial charge in [0.05, 0.1) is 34.8 Å². The summed E-state index contributed by atoms with van der Waals surface area (Å²) in [5.41, 5.74) is 1.27. The number of hydrogen-bond donors (Lipinski definition) is 0. The number of hydrogen-bond acceptors (Lipinski definition) is 5. The second kappa shape index (κ2) is 10.9. The van der Waals surface area contributed by atoms with Crippen molar-refractivity contribution in [2.45, 2.75) is 58.0 Å². The Balaban J connectivity index is 1.85. The minimum absolute atomic E-state index is 0.0174. The standard InChI is InChI=1S/C25H26Br3N3O3/c1-14(2)34-23-20(33-3)11-16(21(27)22(23)28)13-29-31-24(15-7-5-4-6-8-15)30-19-10-9-17(26)12-18(19)25(31)32/h9-15H,4-8H2,1-3H3. The molecule has 0 unspecified atom stereocenters. The molecule has 1 aliphatic rings. The van der Waals surface area contributed by atoms with Crippen LogP contribution in [0, 0.1) is 0 Å². The summed E-state index contributed by atoms with van der Waals surface area (Å²) in [6, 6.07) is 7.43. The molecule has 0 atom stereocenters. The quantitative estimate of drug-likeness (QED) is 0.260. The van der Waals surface area contributed by atoms with Gasteiger partial charge < -0.3 is 9.47 Å². The minimum atomic E-state index is -0.176. The first kappa shape index (κ1) is 25.4. The van der Waals surface area contributed by atoms with Crippen molar-refractivity contribution in [1.82, 2.24) is 9.66 Å². The average Bonchev–Trinajstić information content (AvgIpc) is 2.83. The van der Waals surface area contributed by atoms with Crippen molar-refractivity contribution in [2.24, 2.45) is 5.10 Å². The molecule has 0 N–H and O–H groups in total. The molecule has 0 amide bonds. The summed E-state index contributed by atoms with van der Waals surface area (Å²) in [7, 11) is 1.60. The molecule has 9 heteroatoms. The van der Waals surface area contributed by atoms with Crippen molar-refractivity contribution in [2.75, 3.05) is 7.11 Å². The van der Waals surface area contributed by atoms with E-state index in [1.54, 1.807) is 19.4 Å². The highest BCUT2D eigenvalue weighted by Gasteiger charge is 2.23. The summed E-state index contributed by atoms with van der Waals surface area (Å²) in [5.74, 6) is 2.11. The van der Waals surface area contributed by atoms with E-state index in [0.29, 0.717) is 22.4 Å². The van der Waals surface area contributed by atoms with E-state index in [1.807, 2.05) is 32.0 Å². The molecule has 0 saturated heterocycles. The van der Waals surface area contributed by atoms with Crippen molar-refractivity contribution >= 4 is 64.9 Å². The van der Waals surface area contributed by atoms with Gasteiger partial charge in [0.2, 0.25) is 0 Å². The Labute approximate surface area is 224 Å². The molecule has 0 radical (unpaired) electrons. The minimum Gasteiger partial charge on any atom is -0.493 e. The number of halogens is 3. The lowest BCUT2D eigenvalue weighted by atomic mass is 9.88. The zero-order chi connectivity index (χ0) is 24.4. The first-order valence-corrected chi connectivity index (χ1v) is 13.7. The molecule has 2 aromatic carbocycles. The maximum absolute atomic E-state index is 13.5. The van der Waals surface area contributed by atoms with Gasteiger partial charge in [0.15, 0.2) is 11.5 Å². The van der Waals surface area contributed by atoms with Crippen LogP contribution in [0.1, 0.15) is 63.3 Å². The smallest absolute Gasteiger partial charge is 0.282 e. The molecule has 4 rings (SSSR count). The van der Waals surface area contributed by atoms with Crippen molar-refractivity contribution in [3.63, 3.8) is 0 Å². The highest BCUT2D eigenvalue weighted by Crippen LogP contribution is 2.42. The Morgan fingerprint density at radius 3 is 2.53 bits per heavy atom. The van der Waals surface area contributed by atoms with Crippen LogP contribution in [0.15, 0.2) is 47.6 Å². The molecular weight excluding hydrogens is 630 g/mol. The van der Waals surface area contributed by atoms with Crippen LogP contribution in [0.5, 0.6) is 11.5 Å². The number of benzene rings is 2. The molecule has 1 heterocycles. The second-order valence-corrected chi connectivity index (χ2v) is 11.1. The molecule has 0 aliphatic heterocycles. The second-order valence-electron chi connectivity index (χ2n) is 8.62. The third-order valence-corrected chi connectivity index (χ3v) is 8.48. The van der Waals surface area contributed by atoms with Gasteiger partial charge in [-0.15, -0.1) is 0 Å². The predicted octanol–water partition coefficient (Wildman–Crippen LogP) is 7.41. The van der Waals surface area contributed by atoms with Crippen molar-refractivity contribution in [3.8, 4) is 11.5 Å². The molecule has 34 heavy (non-hydrogen) atoms. The van der Waals surface area contributed by atoms with E-state index in [1.165, 1.54) is 11.1 Å². The van der Waals surface area contributed by atoms with Crippen LogP contribution in [0.25, 0.3) is 10.9 Å². The summed E-state index contributed by atoms with van der Waals surface area (Å²) in [6.45, 7) is 3.92. The van der Waals surface area contributed by atoms with E-state index < -0.39 is 0 Å². The number of fused-ring (bicyclic) bond motifs is 1. The third kappa shape index (κ3) is 5.26. The van der Waals surface area contributed by atoms with Gasteiger partial charge in [0, 0.05) is 20.4 Å². The SMILES string of the molecule is COc1cc(C=Nn2c(C3CCCCC3)nc3ccc(Br)cc3c2=O)c(Br)c(Br)c1OC(C)C.